The van der Waals surface area contributed by atoms with Gasteiger partial charge in [0.05, 0.1) is 0 Å². The van der Waals surface area contributed by atoms with Crippen molar-refractivity contribution >= 4 is 0 Å². The van der Waals surface area contributed by atoms with E-state index in [1.165, 1.54) is 17.7 Å². The maximum atomic E-state index is 12.4. The molecule has 1 aromatic heterocycles. The lowest BCUT2D eigenvalue weighted by molar-refractivity contribution is 0.189. The summed E-state index contributed by atoms with van der Waals surface area (Å²) in [5.74, 6) is 0.697. The highest BCUT2D eigenvalue weighted by Crippen LogP contribution is 2.25. The van der Waals surface area contributed by atoms with Crippen LogP contribution in [-0.4, -0.2) is 18.3 Å². The fraction of sp³-hybridized carbons (Fsp3) is 0.667. The molecule has 1 aromatic rings. The molecule has 4 nitrogen and oxygen atoms in total. The highest BCUT2D eigenvalue weighted by molar-refractivity contribution is 5.29. The molecule has 0 aromatic carbocycles. The van der Waals surface area contributed by atoms with E-state index >= 15 is 0 Å². The van der Waals surface area contributed by atoms with Crippen molar-refractivity contribution in [3.63, 3.8) is 0 Å². The van der Waals surface area contributed by atoms with Crippen molar-refractivity contribution in [3.05, 3.63) is 33.2 Å². The Morgan fingerprint density at radius 3 is 3.00 bits per heavy atom. The first kappa shape index (κ1) is 14.3. The van der Waals surface area contributed by atoms with Gasteiger partial charge in [0, 0.05) is 38.1 Å². The Kier molecular flexibility index (Phi) is 4.77. The monoisotopic (exact) mass is 264 g/mol. The summed E-state index contributed by atoms with van der Waals surface area (Å²) in [7, 11) is 1.69. The maximum Gasteiger partial charge on any atom is 0.255 e. The topological polar surface area (TPSA) is 57.2 Å². The molecule has 2 rings (SSSR count). The van der Waals surface area contributed by atoms with E-state index < -0.39 is 0 Å². The fourth-order valence-electron chi connectivity index (χ4n) is 2.91. The van der Waals surface area contributed by atoms with Crippen LogP contribution in [0.4, 0.5) is 0 Å². The number of methoxy groups -OCH3 is 1. The molecule has 1 heterocycles. The normalized spacial score (nSPS) is 18.4. The molecule has 0 spiro atoms. The van der Waals surface area contributed by atoms with Crippen LogP contribution >= 0.6 is 0 Å². The summed E-state index contributed by atoms with van der Waals surface area (Å²) in [6.45, 7) is 4.01. The molecule has 106 valence electrons. The summed E-state index contributed by atoms with van der Waals surface area (Å²) in [5.41, 5.74) is 9.07. The molecule has 0 radical (unpaired) electrons. The van der Waals surface area contributed by atoms with E-state index in [9.17, 15) is 4.79 Å². The third-order valence-electron chi connectivity index (χ3n) is 3.96. The number of rotatable bonds is 5. The molecule has 0 saturated heterocycles. The lowest BCUT2D eigenvalue weighted by atomic mass is 9.87. The number of fused-ring (bicyclic) bond motifs is 1. The Labute approximate surface area is 114 Å². The summed E-state index contributed by atoms with van der Waals surface area (Å²) >= 11 is 0. The van der Waals surface area contributed by atoms with Crippen LogP contribution in [0.3, 0.4) is 0 Å². The number of ether oxygens (including phenoxy) is 1. The highest BCUT2D eigenvalue weighted by atomic mass is 16.5. The molecule has 1 atom stereocenters. The number of nitrogens with two attached hydrogens (primary N) is 1. The van der Waals surface area contributed by atoms with E-state index in [0.717, 1.165) is 31.4 Å². The van der Waals surface area contributed by atoms with Gasteiger partial charge in [-0.25, -0.2) is 0 Å². The van der Waals surface area contributed by atoms with Gasteiger partial charge in [0.2, 0.25) is 0 Å². The summed E-state index contributed by atoms with van der Waals surface area (Å²) in [5, 5.41) is 0. The molecule has 2 N–H and O–H groups in total. The predicted octanol–water partition coefficient (Wildman–Crippen LogP) is 1.47. The number of pyridine rings is 1. The van der Waals surface area contributed by atoms with Gasteiger partial charge in [0.15, 0.2) is 0 Å². The molecule has 0 bridgehead atoms. The zero-order chi connectivity index (χ0) is 13.8. The van der Waals surface area contributed by atoms with Gasteiger partial charge in [-0.3, -0.25) is 4.79 Å². The number of nitrogens with zero attached hydrogens (tertiary/aromatic N) is 1. The lowest BCUT2D eigenvalue weighted by Gasteiger charge is -2.26. The average molecular weight is 264 g/mol. The van der Waals surface area contributed by atoms with Crippen molar-refractivity contribution in [1.29, 1.82) is 0 Å². The van der Waals surface area contributed by atoms with Crippen molar-refractivity contribution in [1.82, 2.24) is 4.57 Å². The van der Waals surface area contributed by atoms with E-state index in [4.69, 9.17) is 10.5 Å². The van der Waals surface area contributed by atoms with Crippen LogP contribution in [0.25, 0.3) is 0 Å². The summed E-state index contributed by atoms with van der Waals surface area (Å²) in [6, 6.07) is 2.03. The van der Waals surface area contributed by atoms with Gasteiger partial charge < -0.3 is 15.0 Å². The first-order valence-electron chi connectivity index (χ1n) is 7.10. The van der Waals surface area contributed by atoms with Crippen LogP contribution in [0.5, 0.6) is 0 Å². The summed E-state index contributed by atoms with van der Waals surface area (Å²) < 4.78 is 7.01. The van der Waals surface area contributed by atoms with Crippen LogP contribution in [-0.2, 0) is 30.7 Å². The minimum Gasteiger partial charge on any atom is -0.385 e. The van der Waals surface area contributed by atoms with Crippen molar-refractivity contribution in [2.75, 3.05) is 13.7 Å². The summed E-state index contributed by atoms with van der Waals surface area (Å²) in [6.07, 6.45) is 4.10. The third-order valence-corrected chi connectivity index (χ3v) is 3.96. The standard InChI is InChI=1S/C15H24N2O2/c1-11-4-5-14-12(8-11)9-13(10-16)15(18)17(14)6-3-7-19-2/h9,11H,3-8,10,16H2,1-2H3. The van der Waals surface area contributed by atoms with E-state index in [2.05, 4.69) is 6.92 Å². The maximum absolute atomic E-state index is 12.4. The minimum atomic E-state index is 0.0897. The second-order valence-electron chi connectivity index (χ2n) is 5.50. The van der Waals surface area contributed by atoms with Crippen LogP contribution < -0.4 is 11.3 Å². The first-order chi connectivity index (χ1) is 9.17. The molecule has 1 unspecified atom stereocenters. The van der Waals surface area contributed by atoms with E-state index in [-0.39, 0.29) is 5.56 Å². The van der Waals surface area contributed by atoms with E-state index in [1.807, 2.05) is 10.6 Å². The minimum absolute atomic E-state index is 0.0897. The van der Waals surface area contributed by atoms with E-state index in [1.54, 1.807) is 7.11 Å². The first-order valence-corrected chi connectivity index (χ1v) is 7.10. The van der Waals surface area contributed by atoms with Gasteiger partial charge in [-0.1, -0.05) is 6.92 Å². The van der Waals surface area contributed by atoms with Crippen LogP contribution in [0.1, 0.15) is 36.6 Å². The predicted molar refractivity (Wildman–Crippen MR) is 76.3 cm³/mol. The highest BCUT2D eigenvalue weighted by Gasteiger charge is 2.20. The smallest absolute Gasteiger partial charge is 0.255 e. The average Bonchev–Trinajstić information content (AvgIpc) is 2.41. The van der Waals surface area contributed by atoms with Crippen molar-refractivity contribution < 1.29 is 4.74 Å². The van der Waals surface area contributed by atoms with Gasteiger partial charge in [0.1, 0.15) is 0 Å². The van der Waals surface area contributed by atoms with Crippen molar-refractivity contribution in [2.45, 2.75) is 45.7 Å². The molecule has 1 aliphatic rings. The molecule has 0 aliphatic heterocycles. The van der Waals surface area contributed by atoms with Gasteiger partial charge in [-0.15, -0.1) is 0 Å². The zero-order valence-electron chi connectivity index (χ0n) is 11.9. The molecule has 19 heavy (non-hydrogen) atoms. The van der Waals surface area contributed by atoms with Crippen LogP contribution in [0, 0.1) is 5.92 Å². The Balaban J connectivity index is 2.38. The van der Waals surface area contributed by atoms with E-state index in [0.29, 0.717) is 19.1 Å². The zero-order valence-corrected chi connectivity index (χ0v) is 11.9. The quantitative estimate of drug-likeness (QED) is 0.819. The number of aromatic nitrogens is 1. The van der Waals surface area contributed by atoms with Gasteiger partial charge >= 0.3 is 0 Å². The van der Waals surface area contributed by atoms with Gasteiger partial charge in [0.25, 0.3) is 5.56 Å². The van der Waals surface area contributed by atoms with Gasteiger partial charge in [-0.05, 0) is 43.2 Å². The molecular weight excluding hydrogens is 240 g/mol. The Morgan fingerprint density at radius 2 is 2.32 bits per heavy atom. The van der Waals surface area contributed by atoms with Crippen LogP contribution in [0.15, 0.2) is 10.9 Å². The van der Waals surface area contributed by atoms with Crippen molar-refractivity contribution in [3.8, 4) is 0 Å². The molecule has 0 fully saturated rings. The number of hydrogen-bond donors (Lipinski definition) is 1. The molecular formula is C15H24N2O2. The molecule has 0 amide bonds. The molecule has 4 heteroatoms. The Bertz CT molecular complexity index is 494. The second kappa shape index (κ2) is 6.35. The Hall–Kier alpha value is -1.13. The lowest BCUT2D eigenvalue weighted by Crippen LogP contribution is -2.32. The third kappa shape index (κ3) is 3.07. The fourth-order valence-corrected chi connectivity index (χ4v) is 2.91. The number of hydrogen-bond acceptors (Lipinski definition) is 3. The molecule has 1 aliphatic carbocycles. The van der Waals surface area contributed by atoms with Crippen molar-refractivity contribution in [2.24, 2.45) is 11.7 Å². The largest absolute Gasteiger partial charge is 0.385 e. The Morgan fingerprint density at radius 1 is 1.53 bits per heavy atom. The molecule has 0 saturated carbocycles. The second-order valence-corrected chi connectivity index (χ2v) is 5.50. The van der Waals surface area contributed by atoms with Gasteiger partial charge in [-0.2, -0.15) is 0 Å². The van der Waals surface area contributed by atoms with Crippen LogP contribution in [0.2, 0.25) is 0 Å². The summed E-state index contributed by atoms with van der Waals surface area (Å²) in [4.78, 5) is 12.4. The SMILES string of the molecule is COCCCn1c2c(cc(CN)c1=O)CC(C)CC2.